The fraction of sp³-hybridized carbons (Fsp3) is 0.923. The van der Waals surface area contributed by atoms with Gasteiger partial charge in [-0.05, 0) is 44.7 Å². The number of nitrogens with zero attached hydrogens (tertiary/aromatic N) is 1. The molecule has 16 heavy (non-hydrogen) atoms. The standard InChI is InChI=1S/C13H23NO2/c1-2-11-5-9-14(10-6-11)13(12(15)16)7-3-4-8-13/h11H,2-10H2,1H3,(H,15,16). The van der Waals surface area contributed by atoms with E-state index in [0.717, 1.165) is 44.7 Å². The highest BCUT2D eigenvalue weighted by molar-refractivity contribution is 5.79. The summed E-state index contributed by atoms with van der Waals surface area (Å²) >= 11 is 0. The second kappa shape index (κ2) is 4.74. The molecule has 0 aromatic carbocycles. The van der Waals surface area contributed by atoms with E-state index in [1.807, 2.05) is 0 Å². The lowest BCUT2D eigenvalue weighted by atomic mass is 9.88. The lowest BCUT2D eigenvalue weighted by Gasteiger charge is -2.42. The zero-order valence-corrected chi connectivity index (χ0v) is 10.2. The minimum atomic E-state index is -0.583. The molecule has 1 heterocycles. The van der Waals surface area contributed by atoms with Gasteiger partial charge in [0.05, 0.1) is 0 Å². The zero-order valence-electron chi connectivity index (χ0n) is 10.2. The minimum Gasteiger partial charge on any atom is -0.480 e. The Kier molecular flexibility index (Phi) is 3.53. The van der Waals surface area contributed by atoms with Crippen LogP contribution in [0.15, 0.2) is 0 Å². The Hall–Kier alpha value is -0.570. The smallest absolute Gasteiger partial charge is 0.324 e. The number of hydrogen-bond donors (Lipinski definition) is 1. The van der Waals surface area contributed by atoms with Gasteiger partial charge in [0, 0.05) is 0 Å². The van der Waals surface area contributed by atoms with Crippen molar-refractivity contribution >= 4 is 5.97 Å². The van der Waals surface area contributed by atoms with Gasteiger partial charge in [-0.15, -0.1) is 0 Å². The number of aliphatic carboxylic acids is 1. The molecule has 1 saturated carbocycles. The fourth-order valence-corrected chi connectivity index (χ4v) is 3.39. The first-order valence-electron chi connectivity index (χ1n) is 6.67. The van der Waals surface area contributed by atoms with E-state index in [1.165, 1.54) is 19.3 Å². The molecule has 92 valence electrons. The second-order valence-corrected chi connectivity index (χ2v) is 5.38. The van der Waals surface area contributed by atoms with Crippen LogP contribution in [0, 0.1) is 5.92 Å². The number of piperidine rings is 1. The van der Waals surface area contributed by atoms with E-state index in [-0.39, 0.29) is 0 Å². The number of carbonyl (C=O) groups is 1. The van der Waals surface area contributed by atoms with Crippen LogP contribution < -0.4 is 0 Å². The minimum absolute atomic E-state index is 0.501. The summed E-state index contributed by atoms with van der Waals surface area (Å²) in [5, 5.41) is 9.50. The Balaban J connectivity index is 2.03. The number of carboxylic acids is 1. The third kappa shape index (κ3) is 1.97. The fourth-order valence-electron chi connectivity index (χ4n) is 3.39. The molecule has 3 heteroatoms. The molecule has 2 aliphatic rings. The van der Waals surface area contributed by atoms with Gasteiger partial charge in [0.25, 0.3) is 0 Å². The molecule has 1 aliphatic heterocycles. The monoisotopic (exact) mass is 225 g/mol. The molecule has 0 aromatic rings. The van der Waals surface area contributed by atoms with Crippen LogP contribution in [0.1, 0.15) is 51.9 Å². The summed E-state index contributed by atoms with van der Waals surface area (Å²) in [6.07, 6.45) is 7.50. The van der Waals surface area contributed by atoms with Crippen LogP contribution in [-0.4, -0.2) is 34.6 Å². The number of rotatable bonds is 3. The summed E-state index contributed by atoms with van der Waals surface area (Å²) in [4.78, 5) is 13.8. The van der Waals surface area contributed by atoms with Crippen molar-refractivity contribution in [3.63, 3.8) is 0 Å². The van der Waals surface area contributed by atoms with Crippen LogP contribution in [0.5, 0.6) is 0 Å². The maximum absolute atomic E-state index is 11.5. The summed E-state index contributed by atoms with van der Waals surface area (Å²) in [6, 6.07) is 0. The van der Waals surface area contributed by atoms with Crippen molar-refractivity contribution in [2.45, 2.75) is 57.4 Å². The van der Waals surface area contributed by atoms with E-state index >= 15 is 0 Å². The number of likely N-dealkylation sites (tertiary alicyclic amines) is 1. The Morgan fingerprint density at radius 2 is 1.88 bits per heavy atom. The Morgan fingerprint density at radius 1 is 1.31 bits per heavy atom. The summed E-state index contributed by atoms with van der Waals surface area (Å²) < 4.78 is 0. The molecular weight excluding hydrogens is 202 g/mol. The average molecular weight is 225 g/mol. The van der Waals surface area contributed by atoms with E-state index in [9.17, 15) is 9.90 Å². The zero-order chi connectivity index (χ0) is 11.6. The Morgan fingerprint density at radius 3 is 2.31 bits per heavy atom. The SMILES string of the molecule is CCC1CCN(C2(C(=O)O)CCCC2)CC1. The summed E-state index contributed by atoms with van der Waals surface area (Å²) in [5.74, 6) is 0.239. The highest BCUT2D eigenvalue weighted by atomic mass is 16.4. The van der Waals surface area contributed by atoms with E-state index in [0.29, 0.717) is 0 Å². The summed E-state index contributed by atoms with van der Waals surface area (Å²) in [6.45, 7) is 4.22. The first kappa shape index (κ1) is 11.9. The van der Waals surface area contributed by atoms with Crippen molar-refractivity contribution in [2.24, 2.45) is 5.92 Å². The van der Waals surface area contributed by atoms with Gasteiger partial charge in [0.1, 0.15) is 5.54 Å². The molecule has 0 amide bonds. The maximum Gasteiger partial charge on any atom is 0.324 e. The summed E-state index contributed by atoms with van der Waals surface area (Å²) in [7, 11) is 0. The van der Waals surface area contributed by atoms with Gasteiger partial charge < -0.3 is 5.11 Å². The lowest BCUT2D eigenvalue weighted by Crippen LogP contribution is -2.55. The second-order valence-electron chi connectivity index (χ2n) is 5.38. The highest BCUT2D eigenvalue weighted by Gasteiger charge is 2.46. The molecule has 0 aromatic heterocycles. The van der Waals surface area contributed by atoms with Crippen LogP contribution in [0.4, 0.5) is 0 Å². The third-order valence-corrected chi connectivity index (χ3v) is 4.63. The molecule has 3 nitrogen and oxygen atoms in total. The van der Waals surface area contributed by atoms with Crippen LogP contribution in [0.2, 0.25) is 0 Å². The molecular formula is C13H23NO2. The molecule has 2 fully saturated rings. The molecule has 0 atom stereocenters. The number of carboxylic acid groups (broad SMARTS) is 1. The van der Waals surface area contributed by atoms with E-state index in [4.69, 9.17) is 0 Å². The molecule has 1 saturated heterocycles. The molecule has 0 radical (unpaired) electrons. The lowest BCUT2D eigenvalue weighted by molar-refractivity contribution is -0.152. The Bertz CT molecular complexity index is 251. The summed E-state index contributed by atoms with van der Waals surface area (Å²) in [5.41, 5.74) is -0.501. The normalized spacial score (nSPS) is 27.1. The van der Waals surface area contributed by atoms with E-state index in [2.05, 4.69) is 11.8 Å². The predicted octanol–water partition coefficient (Wildman–Crippen LogP) is 2.51. The molecule has 1 aliphatic carbocycles. The molecule has 0 unspecified atom stereocenters. The van der Waals surface area contributed by atoms with E-state index < -0.39 is 11.5 Å². The van der Waals surface area contributed by atoms with Gasteiger partial charge in [0.15, 0.2) is 0 Å². The average Bonchev–Trinajstić information content (AvgIpc) is 2.79. The molecule has 0 bridgehead atoms. The molecule has 0 spiro atoms. The Labute approximate surface area is 97.8 Å². The third-order valence-electron chi connectivity index (χ3n) is 4.63. The van der Waals surface area contributed by atoms with Crippen molar-refractivity contribution in [3.8, 4) is 0 Å². The van der Waals surface area contributed by atoms with Gasteiger partial charge in [-0.2, -0.15) is 0 Å². The van der Waals surface area contributed by atoms with Crippen molar-refractivity contribution in [2.75, 3.05) is 13.1 Å². The van der Waals surface area contributed by atoms with Crippen LogP contribution >= 0.6 is 0 Å². The molecule has 1 N–H and O–H groups in total. The van der Waals surface area contributed by atoms with Gasteiger partial charge in [0.2, 0.25) is 0 Å². The highest BCUT2D eigenvalue weighted by Crippen LogP contribution is 2.38. The number of hydrogen-bond acceptors (Lipinski definition) is 2. The predicted molar refractivity (Wildman–Crippen MR) is 63.4 cm³/mol. The van der Waals surface area contributed by atoms with Crippen molar-refractivity contribution in [3.05, 3.63) is 0 Å². The van der Waals surface area contributed by atoms with Crippen LogP contribution in [0.25, 0.3) is 0 Å². The van der Waals surface area contributed by atoms with Gasteiger partial charge in [-0.1, -0.05) is 26.2 Å². The van der Waals surface area contributed by atoms with Crippen LogP contribution in [-0.2, 0) is 4.79 Å². The van der Waals surface area contributed by atoms with Crippen LogP contribution in [0.3, 0.4) is 0 Å². The van der Waals surface area contributed by atoms with E-state index in [1.54, 1.807) is 0 Å². The van der Waals surface area contributed by atoms with Gasteiger partial charge in [-0.3, -0.25) is 9.69 Å². The molecule has 2 rings (SSSR count). The van der Waals surface area contributed by atoms with Crippen molar-refractivity contribution in [1.29, 1.82) is 0 Å². The quantitative estimate of drug-likeness (QED) is 0.802. The van der Waals surface area contributed by atoms with Crippen molar-refractivity contribution < 1.29 is 9.90 Å². The van der Waals surface area contributed by atoms with Gasteiger partial charge in [-0.25, -0.2) is 0 Å². The van der Waals surface area contributed by atoms with Gasteiger partial charge >= 0.3 is 5.97 Å². The first-order valence-corrected chi connectivity index (χ1v) is 6.67. The largest absolute Gasteiger partial charge is 0.480 e. The topological polar surface area (TPSA) is 40.5 Å². The van der Waals surface area contributed by atoms with Crippen molar-refractivity contribution in [1.82, 2.24) is 4.90 Å². The first-order chi connectivity index (χ1) is 7.69. The maximum atomic E-state index is 11.5.